The number of ether oxygens (including phenoxy) is 2. The Morgan fingerprint density at radius 3 is 2.93 bits per heavy atom. The lowest BCUT2D eigenvalue weighted by Gasteiger charge is -2.33. The van der Waals surface area contributed by atoms with Crippen LogP contribution in [0.2, 0.25) is 0 Å². The van der Waals surface area contributed by atoms with Crippen molar-refractivity contribution < 1.29 is 14.3 Å². The SMILES string of the molecule is COc1cc(C#N)ccc1OCC1CCCN(C(=O)c2cnc3c(c2)CCCC3)C1. The number of likely N-dealkylation sites (tertiary alicyclic amines) is 1. The highest BCUT2D eigenvalue weighted by Crippen LogP contribution is 2.29. The molecule has 1 unspecified atom stereocenters. The molecule has 1 aromatic carbocycles. The number of aryl methyl sites for hydroxylation is 2. The molecule has 30 heavy (non-hydrogen) atoms. The third kappa shape index (κ3) is 4.40. The third-order valence-corrected chi connectivity index (χ3v) is 5.99. The van der Waals surface area contributed by atoms with Crippen LogP contribution in [0.15, 0.2) is 30.5 Å². The van der Waals surface area contributed by atoms with E-state index in [2.05, 4.69) is 11.1 Å². The van der Waals surface area contributed by atoms with Crippen molar-refractivity contribution in [1.29, 1.82) is 5.26 Å². The molecule has 1 aliphatic carbocycles. The average molecular weight is 405 g/mol. The van der Waals surface area contributed by atoms with Crippen molar-refractivity contribution >= 4 is 5.91 Å². The van der Waals surface area contributed by atoms with Crippen molar-refractivity contribution in [2.75, 3.05) is 26.8 Å². The Morgan fingerprint density at radius 1 is 1.23 bits per heavy atom. The first-order valence-corrected chi connectivity index (χ1v) is 10.7. The van der Waals surface area contributed by atoms with E-state index in [1.54, 1.807) is 31.5 Å². The Hall–Kier alpha value is -3.07. The first-order chi connectivity index (χ1) is 14.7. The second-order valence-corrected chi connectivity index (χ2v) is 8.08. The fourth-order valence-electron chi connectivity index (χ4n) is 4.34. The topological polar surface area (TPSA) is 75.5 Å². The summed E-state index contributed by atoms with van der Waals surface area (Å²) in [6.45, 7) is 1.95. The van der Waals surface area contributed by atoms with Gasteiger partial charge in [0, 0.05) is 37.0 Å². The van der Waals surface area contributed by atoms with E-state index in [-0.39, 0.29) is 11.8 Å². The number of pyridine rings is 1. The molecule has 1 fully saturated rings. The summed E-state index contributed by atoms with van der Waals surface area (Å²) in [6, 6.07) is 9.31. The van der Waals surface area contributed by atoms with Gasteiger partial charge in [0.15, 0.2) is 11.5 Å². The number of nitriles is 1. The van der Waals surface area contributed by atoms with Gasteiger partial charge in [0.1, 0.15) is 0 Å². The minimum atomic E-state index is 0.0662. The van der Waals surface area contributed by atoms with Crippen molar-refractivity contribution in [3.05, 3.63) is 52.8 Å². The van der Waals surface area contributed by atoms with Gasteiger partial charge in [0.05, 0.1) is 30.9 Å². The molecule has 1 amide bonds. The maximum absolute atomic E-state index is 13.1. The average Bonchev–Trinajstić information content (AvgIpc) is 2.82. The molecule has 2 heterocycles. The summed E-state index contributed by atoms with van der Waals surface area (Å²) in [5, 5.41) is 9.03. The molecule has 0 spiro atoms. The molecular formula is C24H27N3O3. The number of fused-ring (bicyclic) bond motifs is 1. The number of rotatable bonds is 5. The van der Waals surface area contributed by atoms with Gasteiger partial charge in [-0.25, -0.2) is 0 Å². The third-order valence-electron chi connectivity index (χ3n) is 5.99. The van der Waals surface area contributed by atoms with Gasteiger partial charge in [0.25, 0.3) is 5.91 Å². The van der Waals surface area contributed by atoms with Crippen molar-refractivity contribution in [3.8, 4) is 17.6 Å². The van der Waals surface area contributed by atoms with Crippen molar-refractivity contribution in [3.63, 3.8) is 0 Å². The van der Waals surface area contributed by atoms with Crippen molar-refractivity contribution in [1.82, 2.24) is 9.88 Å². The largest absolute Gasteiger partial charge is 0.493 e. The van der Waals surface area contributed by atoms with E-state index in [0.717, 1.165) is 37.9 Å². The second-order valence-electron chi connectivity index (χ2n) is 8.08. The number of amides is 1. The van der Waals surface area contributed by atoms with Gasteiger partial charge in [-0.3, -0.25) is 9.78 Å². The number of methoxy groups -OCH3 is 1. The van der Waals surface area contributed by atoms with Crippen molar-refractivity contribution in [2.45, 2.75) is 38.5 Å². The Kier molecular flexibility index (Phi) is 6.18. The van der Waals surface area contributed by atoms with Crippen LogP contribution in [-0.2, 0) is 12.8 Å². The van der Waals surface area contributed by atoms with Crippen LogP contribution in [0.3, 0.4) is 0 Å². The maximum Gasteiger partial charge on any atom is 0.255 e. The highest BCUT2D eigenvalue weighted by atomic mass is 16.5. The Bertz CT molecular complexity index is 967. The van der Waals surface area contributed by atoms with E-state index < -0.39 is 0 Å². The van der Waals surface area contributed by atoms with Crippen LogP contribution >= 0.6 is 0 Å². The molecule has 6 nitrogen and oxygen atoms in total. The van der Waals surface area contributed by atoms with Crippen LogP contribution in [0.4, 0.5) is 0 Å². The van der Waals surface area contributed by atoms with E-state index in [4.69, 9.17) is 14.7 Å². The standard InChI is InChI=1S/C24H27N3O3/c1-29-23-11-17(13-25)8-9-22(23)30-16-18-5-4-10-27(15-18)24(28)20-12-19-6-2-3-7-21(19)26-14-20/h8-9,11-12,14,18H,2-7,10,15-16H2,1H3. The minimum Gasteiger partial charge on any atom is -0.493 e. The molecule has 0 bridgehead atoms. The molecule has 156 valence electrons. The summed E-state index contributed by atoms with van der Waals surface area (Å²) in [4.78, 5) is 19.6. The molecule has 0 N–H and O–H groups in total. The van der Waals surface area contributed by atoms with Gasteiger partial charge in [-0.1, -0.05) is 0 Å². The van der Waals surface area contributed by atoms with Gasteiger partial charge in [0.2, 0.25) is 0 Å². The summed E-state index contributed by atoms with van der Waals surface area (Å²) in [5.74, 6) is 1.50. The van der Waals surface area contributed by atoms with E-state index >= 15 is 0 Å². The van der Waals surface area contributed by atoms with Crippen LogP contribution in [0.1, 0.15) is 52.9 Å². The summed E-state index contributed by atoms with van der Waals surface area (Å²) in [6.07, 6.45) is 8.12. The minimum absolute atomic E-state index is 0.0662. The smallest absolute Gasteiger partial charge is 0.255 e. The zero-order chi connectivity index (χ0) is 20.9. The van der Waals surface area contributed by atoms with E-state index in [1.807, 2.05) is 11.0 Å². The van der Waals surface area contributed by atoms with Crippen LogP contribution in [0, 0.1) is 17.2 Å². The quantitative estimate of drug-likeness (QED) is 0.757. The fourth-order valence-corrected chi connectivity index (χ4v) is 4.34. The normalized spacial score (nSPS) is 18.3. The molecule has 1 aliphatic heterocycles. The predicted octanol–water partition coefficient (Wildman–Crippen LogP) is 3.77. The van der Waals surface area contributed by atoms with Crippen LogP contribution in [-0.4, -0.2) is 42.6 Å². The number of benzene rings is 1. The fraction of sp³-hybridized carbons (Fsp3) is 0.458. The highest BCUT2D eigenvalue weighted by Gasteiger charge is 2.26. The monoisotopic (exact) mass is 405 g/mol. The molecule has 0 radical (unpaired) electrons. The lowest BCUT2D eigenvalue weighted by atomic mass is 9.94. The number of aromatic nitrogens is 1. The molecule has 2 aliphatic rings. The number of hydrogen-bond acceptors (Lipinski definition) is 5. The Balaban J connectivity index is 1.39. The first-order valence-electron chi connectivity index (χ1n) is 10.7. The Morgan fingerprint density at radius 2 is 2.10 bits per heavy atom. The zero-order valence-corrected chi connectivity index (χ0v) is 17.4. The van der Waals surface area contributed by atoms with Gasteiger partial charge in [-0.2, -0.15) is 5.26 Å². The molecule has 1 aromatic heterocycles. The molecule has 6 heteroatoms. The summed E-state index contributed by atoms with van der Waals surface area (Å²) < 4.78 is 11.3. The summed E-state index contributed by atoms with van der Waals surface area (Å²) in [5.41, 5.74) is 3.62. The predicted molar refractivity (Wildman–Crippen MR) is 113 cm³/mol. The first kappa shape index (κ1) is 20.2. The summed E-state index contributed by atoms with van der Waals surface area (Å²) in [7, 11) is 1.57. The molecule has 0 saturated carbocycles. The van der Waals surface area contributed by atoms with Gasteiger partial charge < -0.3 is 14.4 Å². The number of hydrogen-bond donors (Lipinski definition) is 0. The highest BCUT2D eigenvalue weighted by molar-refractivity contribution is 5.94. The molecular weight excluding hydrogens is 378 g/mol. The molecule has 2 aromatic rings. The van der Waals surface area contributed by atoms with Gasteiger partial charge in [-0.15, -0.1) is 0 Å². The lowest BCUT2D eigenvalue weighted by Crippen LogP contribution is -2.41. The van der Waals surface area contributed by atoms with Crippen molar-refractivity contribution in [2.24, 2.45) is 5.92 Å². The van der Waals surface area contributed by atoms with Gasteiger partial charge >= 0.3 is 0 Å². The van der Waals surface area contributed by atoms with E-state index in [1.165, 1.54) is 18.4 Å². The molecule has 1 atom stereocenters. The van der Waals surface area contributed by atoms with Crippen LogP contribution in [0.25, 0.3) is 0 Å². The van der Waals surface area contributed by atoms with Crippen LogP contribution in [0.5, 0.6) is 11.5 Å². The Labute approximate surface area is 177 Å². The molecule has 1 saturated heterocycles. The van der Waals surface area contributed by atoms with Gasteiger partial charge in [-0.05, 0) is 62.3 Å². The second kappa shape index (κ2) is 9.17. The maximum atomic E-state index is 13.1. The number of carbonyl (C=O) groups is 1. The number of carbonyl (C=O) groups excluding carboxylic acids is 1. The summed E-state index contributed by atoms with van der Waals surface area (Å²) >= 11 is 0. The van der Waals surface area contributed by atoms with E-state index in [9.17, 15) is 4.79 Å². The lowest BCUT2D eigenvalue weighted by molar-refractivity contribution is 0.0631. The van der Waals surface area contributed by atoms with E-state index in [0.29, 0.717) is 35.8 Å². The number of nitrogens with zero attached hydrogens (tertiary/aromatic N) is 3. The number of piperidine rings is 1. The zero-order valence-electron chi connectivity index (χ0n) is 17.4. The van der Waals surface area contributed by atoms with Crippen LogP contribution < -0.4 is 9.47 Å². The molecule has 4 rings (SSSR count).